The standard InChI is InChI=1S/C27H19BrClF3N2O5S/c1-4-10-39-22-17(28)11-14(12-18(22)37-3)13-19-24(35)34-21(15-6-8-16(29)9-7-15)20(25(36)38-5-2)23(27(30,31)32)33-26(34)40-19/h1,6-9,11-13,21H,5,10H2,2-3H3/b19-13-/t21-/m0/s1. The lowest BCUT2D eigenvalue weighted by molar-refractivity contribution is -0.140. The van der Waals surface area contributed by atoms with Crippen molar-refractivity contribution in [3.63, 3.8) is 0 Å². The average molecular weight is 656 g/mol. The van der Waals surface area contributed by atoms with Crippen LogP contribution in [0.15, 0.2) is 61.9 Å². The van der Waals surface area contributed by atoms with E-state index in [1.54, 1.807) is 12.1 Å². The topological polar surface area (TPSA) is 79.1 Å². The molecule has 2 aromatic carbocycles. The number of benzene rings is 2. The Balaban J connectivity index is 1.99. The van der Waals surface area contributed by atoms with Crippen molar-refractivity contribution in [3.8, 4) is 23.8 Å². The van der Waals surface area contributed by atoms with Crippen molar-refractivity contribution in [3.05, 3.63) is 88.0 Å². The zero-order valence-corrected chi connectivity index (χ0v) is 24.0. The van der Waals surface area contributed by atoms with Crippen LogP contribution in [-0.4, -0.2) is 37.0 Å². The number of aromatic nitrogens is 1. The summed E-state index contributed by atoms with van der Waals surface area (Å²) >= 11 is 10.1. The lowest BCUT2D eigenvalue weighted by Crippen LogP contribution is -2.41. The molecule has 1 atom stereocenters. The lowest BCUT2D eigenvalue weighted by atomic mass is 9.95. The third-order valence-electron chi connectivity index (χ3n) is 5.63. The molecule has 13 heteroatoms. The quantitative estimate of drug-likeness (QED) is 0.271. The van der Waals surface area contributed by atoms with Crippen LogP contribution in [-0.2, 0) is 9.53 Å². The number of alkyl halides is 3. The summed E-state index contributed by atoms with van der Waals surface area (Å²) in [6.07, 6.45) is 1.73. The first-order valence-electron chi connectivity index (χ1n) is 11.5. The van der Waals surface area contributed by atoms with Crippen molar-refractivity contribution in [1.82, 2.24) is 4.57 Å². The second kappa shape index (κ2) is 11.9. The monoisotopic (exact) mass is 654 g/mol. The lowest BCUT2D eigenvalue weighted by Gasteiger charge is -2.26. The van der Waals surface area contributed by atoms with Gasteiger partial charge in [-0.15, -0.1) is 6.42 Å². The van der Waals surface area contributed by atoms with Crippen molar-refractivity contribution in [2.75, 3.05) is 20.3 Å². The molecular weight excluding hydrogens is 637 g/mol. The Morgan fingerprint density at radius 1 is 1.30 bits per heavy atom. The summed E-state index contributed by atoms with van der Waals surface area (Å²) in [7, 11) is 1.42. The number of halogens is 5. The SMILES string of the molecule is C#CCOc1c(Br)cc(/C=c2\sc3n(c2=O)[C@@H](c2ccc(Cl)cc2)C(C(=O)OCC)=C(C(F)(F)F)N=3)cc1OC. The maximum atomic E-state index is 14.2. The summed E-state index contributed by atoms with van der Waals surface area (Å²) < 4.78 is 60.1. The van der Waals surface area contributed by atoms with Gasteiger partial charge in [0.25, 0.3) is 5.56 Å². The summed E-state index contributed by atoms with van der Waals surface area (Å²) in [6, 6.07) is 7.55. The van der Waals surface area contributed by atoms with E-state index in [2.05, 4.69) is 26.8 Å². The van der Waals surface area contributed by atoms with Crippen LogP contribution in [0.25, 0.3) is 6.08 Å². The highest BCUT2D eigenvalue weighted by Crippen LogP contribution is 2.39. The van der Waals surface area contributed by atoms with E-state index in [0.717, 1.165) is 15.9 Å². The summed E-state index contributed by atoms with van der Waals surface area (Å²) in [4.78, 5) is 30.1. The molecule has 0 saturated carbocycles. The van der Waals surface area contributed by atoms with Crippen molar-refractivity contribution >= 4 is 50.9 Å². The molecule has 0 amide bonds. The maximum absolute atomic E-state index is 14.2. The van der Waals surface area contributed by atoms with E-state index in [4.69, 9.17) is 32.2 Å². The zero-order valence-electron chi connectivity index (χ0n) is 20.8. The molecule has 0 spiro atoms. The van der Waals surface area contributed by atoms with E-state index in [0.29, 0.717) is 26.6 Å². The molecule has 0 unspecified atom stereocenters. The number of carbonyl (C=O) groups excluding carboxylic acids is 1. The van der Waals surface area contributed by atoms with Crippen LogP contribution < -0.4 is 24.4 Å². The highest BCUT2D eigenvalue weighted by molar-refractivity contribution is 9.10. The van der Waals surface area contributed by atoms with Gasteiger partial charge in [0.2, 0.25) is 0 Å². The Labute approximate surface area is 243 Å². The average Bonchev–Trinajstić information content (AvgIpc) is 3.21. The molecule has 2 heterocycles. The number of carbonyl (C=O) groups is 1. The number of fused-ring (bicyclic) bond motifs is 1. The normalized spacial score (nSPS) is 15.2. The molecule has 0 fully saturated rings. The smallest absolute Gasteiger partial charge is 0.434 e. The van der Waals surface area contributed by atoms with E-state index in [1.165, 1.54) is 44.4 Å². The molecule has 4 rings (SSSR count). The van der Waals surface area contributed by atoms with E-state index in [9.17, 15) is 22.8 Å². The third-order valence-corrected chi connectivity index (χ3v) is 7.45. The van der Waals surface area contributed by atoms with E-state index in [-0.39, 0.29) is 28.1 Å². The number of methoxy groups -OCH3 is 1. The van der Waals surface area contributed by atoms with Gasteiger partial charge in [-0.2, -0.15) is 13.2 Å². The van der Waals surface area contributed by atoms with Crippen LogP contribution in [0.1, 0.15) is 24.1 Å². The molecule has 0 N–H and O–H groups in total. The summed E-state index contributed by atoms with van der Waals surface area (Å²) in [5, 5.41) is 0.322. The Morgan fingerprint density at radius 3 is 2.60 bits per heavy atom. The third kappa shape index (κ3) is 5.82. The summed E-state index contributed by atoms with van der Waals surface area (Å²) in [6.45, 7) is 1.28. The van der Waals surface area contributed by atoms with Gasteiger partial charge in [0.15, 0.2) is 22.0 Å². The minimum Gasteiger partial charge on any atom is -0.493 e. The molecule has 3 aromatic rings. The number of esters is 1. The summed E-state index contributed by atoms with van der Waals surface area (Å²) in [5.74, 6) is 1.78. The second-order valence-corrected chi connectivity index (χ2v) is 10.4. The number of ether oxygens (including phenoxy) is 3. The van der Waals surface area contributed by atoms with Crippen molar-refractivity contribution < 1.29 is 32.2 Å². The van der Waals surface area contributed by atoms with Gasteiger partial charge in [-0.1, -0.05) is 41.0 Å². The van der Waals surface area contributed by atoms with Crippen LogP contribution in [0.4, 0.5) is 13.2 Å². The van der Waals surface area contributed by atoms with E-state index >= 15 is 0 Å². The Hall–Kier alpha value is -3.53. The fraction of sp³-hybridized carbons (Fsp3) is 0.222. The molecule has 208 valence electrons. The number of rotatable bonds is 7. The Bertz CT molecular complexity index is 1720. The fourth-order valence-corrected chi connectivity index (χ4v) is 5.73. The first kappa shape index (κ1) is 29.5. The van der Waals surface area contributed by atoms with Crippen molar-refractivity contribution in [1.29, 1.82) is 0 Å². The van der Waals surface area contributed by atoms with Gasteiger partial charge in [0, 0.05) is 5.02 Å². The minimum absolute atomic E-state index is 0.0120. The van der Waals surface area contributed by atoms with Gasteiger partial charge >= 0.3 is 12.1 Å². The van der Waals surface area contributed by atoms with Gasteiger partial charge < -0.3 is 14.2 Å². The van der Waals surface area contributed by atoms with Crippen molar-refractivity contribution in [2.24, 2.45) is 4.99 Å². The van der Waals surface area contributed by atoms with Crippen LogP contribution >= 0.6 is 38.9 Å². The molecule has 7 nitrogen and oxygen atoms in total. The van der Waals surface area contributed by atoms with Crippen LogP contribution in [0.3, 0.4) is 0 Å². The van der Waals surface area contributed by atoms with Gasteiger partial charge in [-0.05, 0) is 64.3 Å². The molecular formula is C27H19BrClF3N2O5S. The predicted octanol–water partition coefficient (Wildman–Crippen LogP) is 4.78. The van der Waals surface area contributed by atoms with Crippen molar-refractivity contribution in [2.45, 2.75) is 19.1 Å². The largest absolute Gasteiger partial charge is 0.493 e. The first-order chi connectivity index (χ1) is 19.0. The molecule has 0 saturated heterocycles. The number of hydrogen-bond acceptors (Lipinski definition) is 7. The van der Waals surface area contributed by atoms with Gasteiger partial charge in [0.05, 0.1) is 34.3 Å². The number of nitrogens with zero attached hydrogens (tertiary/aromatic N) is 2. The number of allylic oxidation sites excluding steroid dienone is 1. The first-order valence-corrected chi connectivity index (χ1v) is 13.5. The van der Waals surface area contributed by atoms with E-state index in [1.807, 2.05) is 0 Å². The number of hydrogen-bond donors (Lipinski definition) is 0. The van der Waals surface area contributed by atoms with Crippen LogP contribution in [0.5, 0.6) is 11.5 Å². The second-order valence-electron chi connectivity index (χ2n) is 8.14. The molecule has 1 aliphatic heterocycles. The molecule has 1 aromatic heterocycles. The highest BCUT2D eigenvalue weighted by atomic mass is 79.9. The molecule has 1 aliphatic rings. The Kier molecular flexibility index (Phi) is 8.77. The summed E-state index contributed by atoms with van der Waals surface area (Å²) in [5.41, 5.74) is -2.19. The molecule has 40 heavy (non-hydrogen) atoms. The minimum atomic E-state index is -5.01. The maximum Gasteiger partial charge on any atom is 0.434 e. The molecule has 0 bridgehead atoms. The number of terminal acetylenes is 1. The Morgan fingerprint density at radius 2 is 2.00 bits per heavy atom. The van der Waals surface area contributed by atoms with Crippen LogP contribution in [0.2, 0.25) is 5.02 Å². The van der Waals surface area contributed by atoms with Crippen LogP contribution in [0, 0.1) is 12.3 Å². The van der Waals surface area contributed by atoms with Gasteiger partial charge in [-0.3, -0.25) is 9.36 Å². The van der Waals surface area contributed by atoms with Gasteiger partial charge in [-0.25, -0.2) is 9.79 Å². The highest BCUT2D eigenvalue weighted by Gasteiger charge is 2.45. The zero-order chi connectivity index (χ0) is 29.2. The molecule has 0 aliphatic carbocycles. The molecule has 0 radical (unpaired) electrons. The number of thiazole rings is 1. The fourth-order valence-electron chi connectivity index (χ4n) is 4.03. The van der Waals surface area contributed by atoms with Gasteiger partial charge in [0.1, 0.15) is 6.61 Å². The van der Waals surface area contributed by atoms with E-state index < -0.39 is 35.0 Å². The predicted molar refractivity (Wildman–Crippen MR) is 147 cm³/mol.